The third-order valence-electron chi connectivity index (χ3n) is 5.01. The molecule has 0 radical (unpaired) electrons. The van der Waals surface area contributed by atoms with Crippen LogP contribution in [0.25, 0.3) is 0 Å². The van der Waals surface area contributed by atoms with Gasteiger partial charge in [0.15, 0.2) is 0 Å². The maximum atomic E-state index is 12.2. The fourth-order valence-electron chi connectivity index (χ4n) is 3.38. The zero-order valence-corrected chi connectivity index (χ0v) is 15.3. The molecule has 136 valence electrons. The van der Waals surface area contributed by atoms with Crippen LogP contribution in [0.2, 0.25) is 0 Å². The molecule has 1 saturated heterocycles. The van der Waals surface area contributed by atoms with E-state index in [-0.39, 0.29) is 18.4 Å². The summed E-state index contributed by atoms with van der Waals surface area (Å²) in [6, 6.07) is 0. The van der Waals surface area contributed by atoms with Crippen molar-refractivity contribution in [3.8, 4) is 0 Å². The molecule has 1 amide bonds. The predicted octanol–water partition coefficient (Wildman–Crippen LogP) is 1.62. The number of nitrogens with zero attached hydrogens (tertiary/aromatic N) is 3. The molecule has 1 aromatic heterocycles. The zero-order valence-electron chi connectivity index (χ0n) is 15.3. The molecule has 0 saturated carbocycles. The van der Waals surface area contributed by atoms with Gasteiger partial charge in [-0.3, -0.25) is 14.4 Å². The molecule has 0 aromatic carbocycles. The summed E-state index contributed by atoms with van der Waals surface area (Å²) in [6.45, 7) is 10.5. The van der Waals surface area contributed by atoms with Crippen LogP contribution in [0.15, 0.2) is 0 Å². The minimum Gasteiger partial charge on any atom is -0.394 e. The number of aromatic nitrogens is 2. The first-order valence-corrected chi connectivity index (χ1v) is 9.20. The fourth-order valence-corrected chi connectivity index (χ4v) is 3.38. The molecular weight excluding hydrogens is 304 g/mol. The van der Waals surface area contributed by atoms with Crippen LogP contribution in [-0.4, -0.2) is 51.9 Å². The average Bonchev–Trinajstić information content (AvgIpc) is 2.83. The van der Waals surface area contributed by atoms with Gasteiger partial charge in [-0.15, -0.1) is 0 Å². The van der Waals surface area contributed by atoms with E-state index in [2.05, 4.69) is 29.2 Å². The smallest absolute Gasteiger partial charge is 0.223 e. The first-order chi connectivity index (χ1) is 11.6. The van der Waals surface area contributed by atoms with Gasteiger partial charge in [0, 0.05) is 30.3 Å². The van der Waals surface area contributed by atoms with Crippen LogP contribution in [0.1, 0.15) is 49.6 Å². The molecule has 0 atom stereocenters. The number of hydrogen-bond acceptors (Lipinski definition) is 4. The highest BCUT2D eigenvalue weighted by atomic mass is 16.3. The summed E-state index contributed by atoms with van der Waals surface area (Å²) in [5.74, 6) is 0.392. The van der Waals surface area contributed by atoms with Gasteiger partial charge in [0.25, 0.3) is 0 Å². The number of carbonyl (C=O) groups excluding carboxylic acids is 1. The second-order valence-corrected chi connectivity index (χ2v) is 6.79. The lowest BCUT2D eigenvalue weighted by molar-refractivity contribution is -0.126. The van der Waals surface area contributed by atoms with Gasteiger partial charge < -0.3 is 10.4 Å². The van der Waals surface area contributed by atoms with E-state index in [0.29, 0.717) is 6.54 Å². The van der Waals surface area contributed by atoms with E-state index in [0.717, 1.165) is 63.3 Å². The summed E-state index contributed by atoms with van der Waals surface area (Å²) in [6.07, 6.45) is 4.03. The Bertz CT molecular complexity index is 533. The van der Waals surface area contributed by atoms with Crippen molar-refractivity contribution in [3.05, 3.63) is 17.0 Å². The number of aliphatic hydroxyl groups is 1. The lowest BCUT2D eigenvalue weighted by Crippen LogP contribution is -2.40. The lowest BCUT2D eigenvalue weighted by atomic mass is 9.95. The van der Waals surface area contributed by atoms with Gasteiger partial charge in [0.2, 0.25) is 5.91 Å². The van der Waals surface area contributed by atoms with Gasteiger partial charge in [0.05, 0.1) is 18.8 Å². The number of hydrogen-bond donors (Lipinski definition) is 2. The van der Waals surface area contributed by atoms with E-state index in [9.17, 15) is 4.79 Å². The summed E-state index contributed by atoms with van der Waals surface area (Å²) in [7, 11) is 0. The van der Waals surface area contributed by atoms with Gasteiger partial charge >= 0.3 is 0 Å². The maximum Gasteiger partial charge on any atom is 0.223 e. The van der Waals surface area contributed by atoms with E-state index in [1.54, 1.807) is 0 Å². The molecule has 2 N–H and O–H groups in total. The third-order valence-corrected chi connectivity index (χ3v) is 5.01. The van der Waals surface area contributed by atoms with Gasteiger partial charge in [-0.05, 0) is 46.2 Å². The quantitative estimate of drug-likeness (QED) is 0.708. The lowest BCUT2D eigenvalue weighted by Gasteiger charge is -2.31. The Morgan fingerprint density at radius 2 is 2.04 bits per heavy atom. The molecule has 0 unspecified atom stereocenters. The fraction of sp³-hybridized carbons (Fsp3) is 0.778. The van der Waals surface area contributed by atoms with E-state index >= 15 is 0 Å². The number of aryl methyl sites for hydroxylation is 1. The highest BCUT2D eigenvalue weighted by Crippen LogP contribution is 2.22. The maximum absolute atomic E-state index is 12.2. The number of amides is 1. The van der Waals surface area contributed by atoms with Gasteiger partial charge in [0.1, 0.15) is 0 Å². The molecular formula is C18H32N4O2. The van der Waals surface area contributed by atoms with Crippen molar-refractivity contribution in [2.24, 2.45) is 5.92 Å². The second kappa shape index (κ2) is 9.18. The number of unbranched alkanes of at least 4 members (excludes halogenated alkanes) is 1. The van der Waals surface area contributed by atoms with E-state index in [1.165, 1.54) is 5.56 Å². The molecule has 2 heterocycles. The van der Waals surface area contributed by atoms with Crippen LogP contribution >= 0.6 is 0 Å². The summed E-state index contributed by atoms with van der Waals surface area (Å²) in [4.78, 5) is 14.6. The van der Waals surface area contributed by atoms with Crippen LogP contribution in [0.3, 0.4) is 0 Å². The average molecular weight is 336 g/mol. The number of rotatable bonds is 8. The molecule has 0 bridgehead atoms. The minimum absolute atomic E-state index is 0.111. The Hall–Kier alpha value is -1.40. The molecule has 2 rings (SSSR count). The molecule has 1 aliphatic heterocycles. The monoisotopic (exact) mass is 336 g/mol. The molecule has 6 nitrogen and oxygen atoms in total. The van der Waals surface area contributed by atoms with Gasteiger partial charge in [-0.1, -0.05) is 13.3 Å². The predicted molar refractivity (Wildman–Crippen MR) is 94.7 cm³/mol. The Balaban J connectivity index is 1.84. The Morgan fingerprint density at radius 1 is 1.33 bits per heavy atom. The molecule has 1 fully saturated rings. The van der Waals surface area contributed by atoms with Crippen molar-refractivity contribution in [1.29, 1.82) is 0 Å². The summed E-state index contributed by atoms with van der Waals surface area (Å²) >= 11 is 0. The number of piperidine rings is 1. The van der Waals surface area contributed by atoms with Crippen LogP contribution in [-0.2, 0) is 17.9 Å². The molecule has 1 aliphatic rings. The normalized spacial score (nSPS) is 16.5. The minimum atomic E-state index is 0.111. The van der Waals surface area contributed by atoms with Gasteiger partial charge in [-0.2, -0.15) is 5.10 Å². The van der Waals surface area contributed by atoms with E-state index < -0.39 is 0 Å². The van der Waals surface area contributed by atoms with Crippen molar-refractivity contribution in [1.82, 2.24) is 20.0 Å². The van der Waals surface area contributed by atoms with Crippen molar-refractivity contribution in [2.45, 2.75) is 59.5 Å². The highest BCUT2D eigenvalue weighted by Gasteiger charge is 2.25. The van der Waals surface area contributed by atoms with Crippen molar-refractivity contribution < 1.29 is 9.90 Å². The molecule has 24 heavy (non-hydrogen) atoms. The largest absolute Gasteiger partial charge is 0.394 e. The summed E-state index contributed by atoms with van der Waals surface area (Å²) in [5, 5.41) is 16.7. The van der Waals surface area contributed by atoms with Crippen molar-refractivity contribution >= 4 is 5.91 Å². The molecule has 1 aromatic rings. The SMILES string of the molecule is CCCCNC(=O)C1CCN(Cc2c(C)nn(CCO)c2C)CC1. The Kier molecular flexibility index (Phi) is 7.24. The second-order valence-electron chi connectivity index (χ2n) is 6.79. The van der Waals surface area contributed by atoms with Crippen LogP contribution in [0.4, 0.5) is 0 Å². The Morgan fingerprint density at radius 3 is 2.67 bits per heavy atom. The number of likely N-dealkylation sites (tertiary alicyclic amines) is 1. The van der Waals surface area contributed by atoms with Crippen LogP contribution < -0.4 is 5.32 Å². The zero-order chi connectivity index (χ0) is 17.5. The molecule has 0 aliphatic carbocycles. The first-order valence-electron chi connectivity index (χ1n) is 9.20. The van der Waals surface area contributed by atoms with Crippen LogP contribution in [0, 0.1) is 19.8 Å². The van der Waals surface area contributed by atoms with E-state index in [1.807, 2.05) is 11.6 Å². The number of carbonyl (C=O) groups is 1. The Labute approximate surface area is 145 Å². The van der Waals surface area contributed by atoms with Crippen LogP contribution in [0.5, 0.6) is 0 Å². The third kappa shape index (κ3) is 4.80. The highest BCUT2D eigenvalue weighted by molar-refractivity contribution is 5.78. The summed E-state index contributed by atoms with van der Waals surface area (Å²) in [5.41, 5.74) is 3.44. The topological polar surface area (TPSA) is 70.4 Å². The summed E-state index contributed by atoms with van der Waals surface area (Å²) < 4.78 is 1.89. The van der Waals surface area contributed by atoms with Crippen molar-refractivity contribution in [3.63, 3.8) is 0 Å². The standard InChI is InChI=1S/C18H32N4O2/c1-4-5-8-19-18(24)16-6-9-21(10-7-16)13-17-14(2)20-22(11-12-23)15(17)3/h16,23H,4-13H2,1-3H3,(H,19,24). The molecule has 0 spiro atoms. The van der Waals surface area contributed by atoms with Gasteiger partial charge in [-0.25, -0.2) is 0 Å². The van der Waals surface area contributed by atoms with Crippen molar-refractivity contribution in [2.75, 3.05) is 26.2 Å². The van der Waals surface area contributed by atoms with E-state index in [4.69, 9.17) is 5.11 Å². The molecule has 6 heteroatoms. The first kappa shape index (κ1) is 18.9. The number of aliphatic hydroxyl groups excluding tert-OH is 1. The number of nitrogens with one attached hydrogen (secondary N) is 1.